The van der Waals surface area contributed by atoms with Crippen molar-refractivity contribution in [1.29, 1.82) is 5.26 Å². The van der Waals surface area contributed by atoms with Gasteiger partial charge in [-0.1, -0.05) is 37.3 Å². The summed E-state index contributed by atoms with van der Waals surface area (Å²) >= 11 is 0. The Bertz CT molecular complexity index is 561. The predicted molar refractivity (Wildman–Crippen MR) is 105 cm³/mol. The highest BCUT2D eigenvalue weighted by Crippen LogP contribution is 2.11. The van der Waals surface area contributed by atoms with Gasteiger partial charge in [0.1, 0.15) is 5.60 Å². The zero-order valence-corrected chi connectivity index (χ0v) is 16.6. The second kappa shape index (κ2) is 11.5. The molecular formula is C21H33N3O2. The van der Waals surface area contributed by atoms with Crippen molar-refractivity contribution in [3.8, 4) is 6.07 Å². The topological polar surface area (TPSA) is 65.4 Å². The van der Waals surface area contributed by atoms with E-state index in [1.54, 1.807) is 0 Å². The molecule has 0 heterocycles. The highest BCUT2D eigenvalue weighted by molar-refractivity contribution is 5.68. The number of nitriles is 1. The minimum absolute atomic E-state index is 0.0825. The molecule has 0 saturated heterocycles. The fourth-order valence-electron chi connectivity index (χ4n) is 2.68. The third-order valence-electron chi connectivity index (χ3n) is 4.02. The van der Waals surface area contributed by atoms with Gasteiger partial charge in [-0.25, -0.2) is 4.79 Å². The Hall–Kier alpha value is -2.06. The summed E-state index contributed by atoms with van der Waals surface area (Å²) in [4.78, 5) is 14.3. The van der Waals surface area contributed by atoms with Crippen LogP contribution in [0.15, 0.2) is 30.3 Å². The van der Waals surface area contributed by atoms with Crippen LogP contribution in [0.25, 0.3) is 0 Å². The molecule has 26 heavy (non-hydrogen) atoms. The van der Waals surface area contributed by atoms with Crippen molar-refractivity contribution in [2.45, 2.75) is 71.6 Å². The molecule has 5 nitrogen and oxygen atoms in total. The summed E-state index contributed by atoms with van der Waals surface area (Å²) in [7, 11) is 0. The molecule has 1 aromatic rings. The lowest BCUT2D eigenvalue weighted by Gasteiger charge is -2.26. The van der Waals surface area contributed by atoms with Gasteiger partial charge in [-0.2, -0.15) is 5.26 Å². The molecule has 1 aromatic carbocycles. The minimum atomic E-state index is -0.487. The molecule has 0 spiro atoms. The highest BCUT2D eigenvalue weighted by atomic mass is 16.6. The molecule has 1 rings (SSSR count). The van der Waals surface area contributed by atoms with Crippen molar-refractivity contribution in [2.75, 3.05) is 13.1 Å². The third-order valence-corrected chi connectivity index (χ3v) is 4.02. The number of ether oxygens (including phenoxy) is 1. The fraction of sp³-hybridized carbons (Fsp3) is 0.619. The summed E-state index contributed by atoms with van der Waals surface area (Å²) < 4.78 is 5.35. The van der Waals surface area contributed by atoms with E-state index in [9.17, 15) is 4.79 Å². The molecule has 0 saturated carbocycles. The lowest BCUT2D eigenvalue weighted by Crippen LogP contribution is -2.40. The Kier molecular flexibility index (Phi) is 9.75. The average Bonchev–Trinajstić information content (AvgIpc) is 2.57. The van der Waals surface area contributed by atoms with Crippen molar-refractivity contribution in [1.82, 2.24) is 10.2 Å². The van der Waals surface area contributed by atoms with Crippen LogP contribution in [-0.2, 0) is 11.3 Å². The van der Waals surface area contributed by atoms with Crippen LogP contribution in [0.1, 0.15) is 58.9 Å². The predicted octanol–water partition coefficient (Wildman–Crippen LogP) is 4.49. The molecule has 0 aliphatic carbocycles. The van der Waals surface area contributed by atoms with Gasteiger partial charge in [0.05, 0.1) is 6.07 Å². The van der Waals surface area contributed by atoms with Gasteiger partial charge in [-0.3, -0.25) is 4.90 Å². The molecule has 1 amide bonds. The van der Waals surface area contributed by atoms with Crippen molar-refractivity contribution in [3.05, 3.63) is 35.9 Å². The van der Waals surface area contributed by atoms with E-state index in [0.717, 1.165) is 38.9 Å². The maximum Gasteiger partial charge on any atom is 0.407 e. The molecule has 1 N–H and O–H groups in total. The van der Waals surface area contributed by atoms with Crippen LogP contribution in [0.5, 0.6) is 0 Å². The number of rotatable bonds is 10. The zero-order valence-electron chi connectivity index (χ0n) is 16.6. The van der Waals surface area contributed by atoms with E-state index in [-0.39, 0.29) is 12.1 Å². The second-order valence-corrected chi connectivity index (χ2v) is 7.56. The lowest BCUT2D eigenvalue weighted by atomic mass is 10.1. The van der Waals surface area contributed by atoms with E-state index in [1.165, 1.54) is 5.56 Å². The number of carbonyl (C=O) groups is 1. The molecule has 0 aliphatic heterocycles. The molecular weight excluding hydrogens is 326 g/mol. The number of hydrogen-bond acceptors (Lipinski definition) is 4. The fourth-order valence-corrected chi connectivity index (χ4v) is 2.68. The van der Waals surface area contributed by atoms with Crippen LogP contribution >= 0.6 is 0 Å². The quantitative estimate of drug-likeness (QED) is 0.625. The Morgan fingerprint density at radius 3 is 2.54 bits per heavy atom. The summed E-state index contributed by atoms with van der Waals surface area (Å²) in [5.41, 5.74) is 0.775. The number of carbonyl (C=O) groups excluding carboxylic acids is 1. The van der Waals surface area contributed by atoms with Crippen molar-refractivity contribution in [2.24, 2.45) is 0 Å². The summed E-state index contributed by atoms with van der Waals surface area (Å²) in [5.74, 6) is 0. The first-order valence-corrected chi connectivity index (χ1v) is 9.46. The van der Waals surface area contributed by atoms with Crippen LogP contribution in [0, 0.1) is 11.3 Å². The first-order valence-electron chi connectivity index (χ1n) is 9.46. The number of amides is 1. The van der Waals surface area contributed by atoms with Gasteiger partial charge in [0, 0.05) is 25.6 Å². The number of hydrogen-bond donors (Lipinski definition) is 1. The largest absolute Gasteiger partial charge is 0.444 e. The van der Waals surface area contributed by atoms with Crippen LogP contribution in [0.2, 0.25) is 0 Å². The van der Waals surface area contributed by atoms with E-state index in [4.69, 9.17) is 10.00 Å². The molecule has 0 fully saturated rings. The maximum atomic E-state index is 12.0. The number of unbranched alkanes of at least 4 members (excludes halogenated alkanes) is 1. The molecule has 0 bridgehead atoms. The first kappa shape index (κ1) is 22.0. The van der Waals surface area contributed by atoms with E-state index in [1.807, 2.05) is 39.0 Å². The molecule has 1 atom stereocenters. The van der Waals surface area contributed by atoms with E-state index < -0.39 is 5.60 Å². The van der Waals surface area contributed by atoms with Crippen molar-refractivity contribution >= 4 is 6.09 Å². The van der Waals surface area contributed by atoms with Crippen LogP contribution in [-0.4, -0.2) is 35.7 Å². The van der Waals surface area contributed by atoms with E-state index in [0.29, 0.717) is 6.42 Å². The molecule has 0 radical (unpaired) electrons. The van der Waals surface area contributed by atoms with Gasteiger partial charge in [0.25, 0.3) is 0 Å². The Labute approximate surface area is 158 Å². The summed E-state index contributed by atoms with van der Waals surface area (Å²) in [6.45, 7) is 10.3. The summed E-state index contributed by atoms with van der Waals surface area (Å²) in [5, 5.41) is 11.8. The SMILES string of the molecule is CCC(CCN(CCCC#N)Cc1ccccc1)NC(=O)OC(C)(C)C. The van der Waals surface area contributed by atoms with Crippen molar-refractivity contribution < 1.29 is 9.53 Å². The van der Waals surface area contributed by atoms with E-state index >= 15 is 0 Å². The smallest absolute Gasteiger partial charge is 0.407 e. The third kappa shape index (κ3) is 10.0. The monoisotopic (exact) mass is 359 g/mol. The normalized spacial score (nSPS) is 12.5. The lowest BCUT2D eigenvalue weighted by molar-refractivity contribution is 0.0496. The molecule has 0 aromatic heterocycles. The number of nitrogens with one attached hydrogen (secondary N) is 1. The van der Waals surface area contributed by atoms with Gasteiger partial charge in [-0.15, -0.1) is 0 Å². The van der Waals surface area contributed by atoms with E-state index in [2.05, 4.69) is 35.3 Å². The molecule has 5 heteroatoms. The maximum absolute atomic E-state index is 12.0. The summed E-state index contributed by atoms with van der Waals surface area (Å²) in [6.07, 6.45) is 2.78. The molecule has 0 aliphatic rings. The van der Waals surface area contributed by atoms with Crippen molar-refractivity contribution in [3.63, 3.8) is 0 Å². The van der Waals surface area contributed by atoms with Gasteiger partial charge in [-0.05, 0) is 52.1 Å². The van der Waals surface area contributed by atoms with Gasteiger partial charge in [0.15, 0.2) is 0 Å². The van der Waals surface area contributed by atoms with Gasteiger partial charge in [0.2, 0.25) is 0 Å². The standard InChI is InChI=1S/C21H33N3O2/c1-5-19(23-20(25)26-21(2,3)4)13-16-24(15-10-9-14-22)17-18-11-7-6-8-12-18/h6-8,11-12,19H,5,9-10,13,15-17H2,1-4H3,(H,23,25). The average molecular weight is 360 g/mol. The van der Waals surface area contributed by atoms with Crippen LogP contribution in [0.3, 0.4) is 0 Å². The Morgan fingerprint density at radius 1 is 1.27 bits per heavy atom. The first-order chi connectivity index (χ1) is 12.3. The van der Waals surface area contributed by atoms with Gasteiger partial charge < -0.3 is 10.1 Å². The van der Waals surface area contributed by atoms with Gasteiger partial charge >= 0.3 is 6.09 Å². The van der Waals surface area contributed by atoms with Crippen LogP contribution in [0.4, 0.5) is 4.79 Å². The number of nitrogens with zero attached hydrogens (tertiary/aromatic N) is 2. The van der Waals surface area contributed by atoms with Crippen LogP contribution < -0.4 is 5.32 Å². The summed E-state index contributed by atoms with van der Waals surface area (Å²) in [6, 6.07) is 12.6. The minimum Gasteiger partial charge on any atom is -0.444 e. The Morgan fingerprint density at radius 2 is 1.96 bits per heavy atom. The molecule has 144 valence electrons. The second-order valence-electron chi connectivity index (χ2n) is 7.56. The molecule has 1 unspecified atom stereocenters. The zero-order chi connectivity index (χ0) is 19.4. The Balaban J connectivity index is 2.56. The highest BCUT2D eigenvalue weighted by Gasteiger charge is 2.19. The number of benzene rings is 1. The number of alkyl carbamates (subject to hydrolysis) is 1.